The lowest BCUT2D eigenvalue weighted by molar-refractivity contribution is -0.157. The number of hydrogen-bond acceptors (Lipinski definition) is 6. The van der Waals surface area contributed by atoms with Crippen LogP contribution in [0, 0.1) is 11.8 Å². The van der Waals surface area contributed by atoms with E-state index in [1.807, 2.05) is 29.2 Å². The highest BCUT2D eigenvalue weighted by atomic mass is 16.4. The maximum atomic E-state index is 13.2. The van der Waals surface area contributed by atoms with Crippen molar-refractivity contribution in [1.29, 1.82) is 0 Å². The summed E-state index contributed by atoms with van der Waals surface area (Å²) in [5.41, 5.74) is 1.94. The zero-order chi connectivity index (χ0) is 23.4. The van der Waals surface area contributed by atoms with Crippen molar-refractivity contribution in [2.24, 2.45) is 11.8 Å². The summed E-state index contributed by atoms with van der Waals surface area (Å²) in [5, 5.41) is 18.1. The van der Waals surface area contributed by atoms with Gasteiger partial charge in [0.25, 0.3) is 5.97 Å². The third kappa shape index (κ3) is 5.22. The molecular weight excluding hydrogens is 424 g/mol. The van der Waals surface area contributed by atoms with Crippen LogP contribution in [0.3, 0.4) is 0 Å². The lowest BCUT2D eigenvalue weighted by atomic mass is 9.72. The number of carboxylic acid groups (broad SMARTS) is 1. The molecule has 0 unspecified atom stereocenters. The van der Waals surface area contributed by atoms with Crippen molar-refractivity contribution in [3.8, 4) is 5.69 Å². The molecule has 1 aromatic carbocycles. The van der Waals surface area contributed by atoms with E-state index in [0.717, 1.165) is 50.5 Å². The van der Waals surface area contributed by atoms with E-state index in [4.69, 9.17) is 9.90 Å². The summed E-state index contributed by atoms with van der Waals surface area (Å²) in [7, 11) is 0. The normalized spacial score (nSPS) is 26.0. The summed E-state index contributed by atoms with van der Waals surface area (Å²) in [4.78, 5) is 40.8. The van der Waals surface area contributed by atoms with Gasteiger partial charge in [0.2, 0.25) is 11.8 Å². The number of benzene rings is 1. The van der Waals surface area contributed by atoms with Crippen LogP contribution in [0.15, 0.2) is 36.9 Å². The third-order valence-electron chi connectivity index (χ3n) is 6.60. The minimum atomic E-state index is -0.833. The third-order valence-corrected chi connectivity index (χ3v) is 6.60. The minimum absolute atomic E-state index is 0.0299. The van der Waals surface area contributed by atoms with Crippen LogP contribution in [-0.2, 0) is 20.9 Å². The molecular formula is C23H30N6O4. The molecule has 2 bridgehead atoms. The van der Waals surface area contributed by atoms with Crippen molar-refractivity contribution in [3.63, 3.8) is 0 Å². The molecule has 1 aromatic heterocycles. The lowest BCUT2D eigenvalue weighted by Crippen LogP contribution is -2.67. The molecule has 3 aliphatic rings. The smallest absolute Gasteiger partial charge is 0.300 e. The van der Waals surface area contributed by atoms with Gasteiger partial charge in [-0.05, 0) is 49.4 Å². The van der Waals surface area contributed by atoms with E-state index >= 15 is 0 Å². The number of hydrogen-bond donors (Lipinski definition) is 3. The van der Waals surface area contributed by atoms with Gasteiger partial charge in [0, 0.05) is 38.4 Å². The van der Waals surface area contributed by atoms with Gasteiger partial charge in [-0.2, -0.15) is 5.10 Å². The van der Waals surface area contributed by atoms with Gasteiger partial charge in [0.05, 0.1) is 5.69 Å². The Balaban J connectivity index is 0.000000601. The van der Waals surface area contributed by atoms with Crippen LogP contribution in [0.1, 0.15) is 38.2 Å². The molecule has 176 valence electrons. The van der Waals surface area contributed by atoms with Gasteiger partial charge in [-0.25, -0.2) is 9.67 Å². The Morgan fingerprint density at radius 2 is 1.94 bits per heavy atom. The molecule has 3 fully saturated rings. The van der Waals surface area contributed by atoms with Crippen molar-refractivity contribution in [3.05, 3.63) is 42.5 Å². The van der Waals surface area contributed by atoms with E-state index < -0.39 is 5.97 Å². The number of piperidine rings is 3. The van der Waals surface area contributed by atoms with Crippen LogP contribution in [-0.4, -0.2) is 67.7 Å². The molecule has 10 heteroatoms. The molecule has 0 aliphatic carbocycles. The van der Waals surface area contributed by atoms with E-state index in [1.165, 1.54) is 6.33 Å². The molecule has 0 spiro atoms. The maximum absolute atomic E-state index is 13.2. The van der Waals surface area contributed by atoms with Gasteiger partial charge in [-0.15, -0.1) is 0 Å². The Hall–Kier alpha value is -3.27. The fourth-order valence-electron chi connectivity index (χ4n) is 5.25. The highest BCUT2D eigenvalue weighted by molar-refractivity contribution is 5.89. The number of carbonyl (C=O) groups is 3. The van der Waals surface area contributed by atoms with Crippen molar-refractivity contribution < 1.29 is 19.5 Å². The molecule has 10 nitrogen and oxygen atoms in total. The summed E-state index contributed by atoms with van der Waals surface area (Å²) in [6.07, 6.45) is 6.70. The van der Waals surface area contributed by atoms with Crippen LogP contribution < -0.4 is 10.6 Å². The number of amides is 2. The van der Waals surface area contributed by atoms with Crippen LogP contribution in [0.5, 0.6) is 0 Å². The SMILES string of the molecule is CC(=O)O.O=C(NCc1ccc(-n2cncn2)cc1)[C@H]1[C@@H]2CNC[C@@H](C2)[C@@H]2CCCC(=O)N21. The van der Waals surface area contributed by atoms with E-state index in [2.05, 4.69) is 20.7 Å². The molecule has 0 radical (unpaired) electrons. The second kappa shape index (κ2) is 10.1. The largest absolute Gasteiger partial charge is 0.481 e. The van der Waals surface area contributed by atoms with E-state index in [-0.39, 0.29) is 29.8 Å². The molecule has 2 aromatic rings. The standard InChI is InChI=1S/C21H26N6O2.C2H4O2/c28-19-3-1-2-18-15-8-16(11-22-10-15)20(27(18)19)21(29)24-9-14-4-6-17(7-5-14)26-13-23-12-25-26;1-2(3)4/h4-7,12-13,15-16,18,20,22H,1-3,8-11H2,(H,24,29);1H3,(H,3,4)/t15-,16+,18+,20-;/m1./s1. The Morgan fingerprint density at radius 3 is 2.64 bits per heavy atom. The van der Waals surface area contributed by atoms with Crippen molar-refractivity contribution in [1.82, 2.24) is 30.3 Å². The van der Waals surface area contributed by atoms with Crippen LogP contribution in [0.2, 0.25) is 0 Å². The average Bonchev–Trinajstić information content (AvgIpc) is 3.34. The quantitative estimate of drug-likeness (QED) is 0.628. The van der Waals surface area contributed by atoms with Crippen LogP contribution in [0.4, 0.5) is 0 Å². The number of rotatable bonds is 4. The van der Waals surface area contributed by atoms with E-state index in [9.17, 15) is 9.59 Å². The predicted octanol–water partition coefficient (Wildman–Crippen LogP) is 0.963. The molecule has 4 atom stereocenters. The summed E-state index contributed by atoms with van der Waals surface area (Å²) in [6, 6.07) is 7.72. The number of nitrogens with one attached hydrogen (secondary N) is 2. The van der Waals surface area contributed by atoms with Gasteiger partial charge in [0.1, 0.15) is 18.7 Å². The van der Waals surface area contributed by atoms with Crippen LogP contribution in [0.25, 0.3) is 5.69 Å². The Kier molecular flexibility index (Phi) is 7.02. The van der Waals surface area contributed by atoms with E-state index in [1.54, 1.807) is 11.0 Å². The number of carboxylic acids is 1. The van der Waals surface area contributed by atoms with Gasteiger partial charge >= 0.3 is 0 Å². The highest BCUT2D eigenvalue weighted by Gasteiger charge is 2.50. The minimum Gasteiger partial charge on any atom is -0.481 e. The summed E-state index contributed by atoms with van der Waals surface area (Å²) >= 11 is 0. The fourth-order valence-corrected chi connectivity index (χ4v) is 5.25. The summed E-state index contributed by atoms with van der Waals surface area (Å²) in [5.74, 6) is -0.0407. The first kappa shape index (κ1) is 22.9. The molecule has 3 aliphatic heterocycles. The van der Waals surface area contributed by atoms with Gasteiger partial charge in [-0.3, -0.25) is 14.4 Å². The predicted molar refractivity (Wildman–Crippen MR) is 119 cm³/mol. The first-order chi connectivity index (χ1) is 15.9. The Labute approximate surface area is 192 Å². The number of fused-ring (bicyclic) bond motifs is 4. The first-order valence-electron chi connectivity index (χ1n) is 11.4. The van der Waals surface area contributed by atoms with E-state index in [0.29, 0.717) is 18.9 Å². The zero-order valence-electron chi connectivity index (χ0n) is 18.7. The topological polar surface area (TPSA) is 129 Å². The van der Waals surface area contributed by atoms with Gasteiger partial charge in [-0.1, -0.05) is 12.1 Å². The highest BCUT2D eigenvalue weighted by Crippen LogP contribution is 2.39. The molecule has 33 heavy (non-hydrogen) atoms. The molecule has 5 rings (SSSR count). The number of aromatic nitrogens is 3. The molecule has 3 N–H and O–H groups in total. The molecule has 2 amide bonds. The van der Waals surface area contributed by atoms with Gasteiger partial charge < -0.3 is 20.6 Å². The van der Waals surface area contributed by atoms with Crippen LogP contribution >= 0.6 is 0 Å². The number of nitrogens with zero attached hydrogens (tertiary/aromatic N) is 4. The average molecular weight is 455 g/mol. The zero-order valence-corrected chi connectivity index (χ0v) is 18.7. The second-order valence-electron chi connectivity index (χ2n) is 8.86. The molecule has 0 saturated carbocycles. The molecule has 3 saturated heterocycles. The number of aliphatic carboxylic acids is 1. The molecule has 4 heterocycles. The number of carbonyl (C=O) groups excluding carboxylic acids is 2. The first-order valence-corrected chi connectivity index (χ1v) is 11.4. The summed E-state index contributed by atoms with van der Waals surface area (Å²) in [6.45, 7) is 3.29. The monoisotopic (exact) mass is 454 g/mol. The lowest BCUT2D eigenvalue weighted by Gasteiger charge is -2.53. The maximum Gasteiger partial charge on any atom is 0.300 e. The van der Waals surface area contributed by atoms with Crippen molar-refractivity contribution >= 4 is 17.8 Å². The van der Waals surface area contributed by atoms with Crippen molar-refractivity contribution in [2.75, 3.05) is 13.1 Å². The second-order valence-corrected chi connectivity index (χ2v) is 8.86. The summed E-state index contributed by atoms with van der Waals surface area (Å²) < 4.78 is 1.69. The fraction of sp³-hybridized carbons (Fsp3) is 0.522. The Bertz CT molecular complexity index is 973. The van der Waals surface area contributed by atoms with Crippen molar-refractivity contribution in [2.45, 2.75) is 51.2 Å². The van der Waals surface area contributed by atoms with Gasteiger partial charge in [0.15, 0.2) is 0 Å². The Morgan fingerprint density at radius 1 is 1.21 bits per heavy atom.